The van der Waals surface area contributed by atoms with Crippen LogP contribution in [0.4, 0.5) is 0 Å². The Balaban J connectivity index is 1.40. The van der Waals surface area contributed by atoms with Crippen molar-refractivity contribution in [1.29, 1.82) is 0 Å². The van der Waals surface area contributed by atoms with Crippen LogP contribution < -0.4 is 9.47 Å². The first-order valence-corrected chi connectivity index (χ1v) is 10.9. The van der Waals surface area contributed by atoms with Crippen molar-refractivity contribution in [2.45, 2.75) is 30.5 Å². The summed E-state index contributed by atoms with van der Waals surface area (Å²) in [5.41, 5.74) is 3.16. The number of methoxy groups -OCH3 is 2. The summed E-state index contributed by atoms with van der Waals surface area (Å²) in [7, 11) is 3.14. The van der Waals surface area contributed by atoms with Crippen LogP contribution in [0.25, 0.3) is 0 Å². The number of hydrogen-bond acceptors (Lipinski definition) is 6. The number of rotatable bonds is 6. The van der Waals surface area contributed by atoms with Gasteiger partial charge in [0.25, 0.3) is 0 Å². The average molecular weight is 444 g/mol. The van der Waals surface area contributed by atoms with Crippen LogP contribution in [0.2, 0.25) is 0 Å². The molecule has 0 amide bonds. The summed E-state index contributed by atoms with van der Waals surface area (Å²) in [6.07, 6.45) is -0.330. The topological polar surface area (TPSA) is 71.1 Å². The van der Waals surface area contributed by atoms with Gasteiger partial charge in [-0.25, -0.2) is 9.59 Å². The van der Waals surface area contributed by atoms with E-state index in [1.54, 1.807) is 62.8 Å². The number of carbonyl (C=O) groups is 2. The van der Waals surface area contributed by atoms with Crippen molar-refractivity contribution in [2.24, 2.45) is 0 Å². The van der Waals surface area contributed by atoms with Gasteiger partial charge in [-0.1, -0.05) is 24.3 Å². The summed E-state index contributed by atoms with van der Waals surface area (Å²) in [6.45, 7) is 0. The minimum atomic E-state index is -0.554. The number of fused-ring (bicyclic) bond motifs is 5. The number of hydrogen-bond donors (Lipinski definition) is 0. The molecule has 0 aromatic heterocycles. The van der Waals surface area contributed by atoms with E-state index in [0.29, 0.717) is 22.6 Å². The minimum absolute atomic E-state index is 0.0120. The van der Waals surface area contributed by atoms with Crippen molar-refractivity contribution in [3.8, 4) is 11.5 Å². The number of benzene rings is 3. The molecule has 0 radical (unpaired) electrons. The number of carbonyl (C=O) groups excluding carboxylic acids is 2. The van der Waals surface area contributed by atoms with Gasteiger partial charge in [-0.2, -0.15) is 0 Å². The van der Waals surface area contributed by atoms with Gasteiger partial charge in [-0.15, -0.1) is 0 Å². The van der Waals surface area contributed by atoms with Gasteiger partial charge in [-0.05, 0) is 66.1 Å². The zero-order chi connectivity index (χ0) is 22.9. The van der Waals surface area contributed by atoms with Gasteiger partial charge < -0.3 is 18.9 Å². The molecule has 5 rings (SSSR count). The summed E-state index contributed by atoms with van der Waals surface area (Å²) in [5, 5.41) is 0. The first kappa shape index (κ1) is 21.1. The third kappa shape index (κ3) is 3.82. The van der Waals surface area contributed by atoms with E-state index in [1.807, 2.05) is 12.1 Å². The van der Waals surface area contributed by atoms with Gasteiger partial charge in [0.05, 0.1) is 25.3 Å². The molecular weight excluding hydrogens is 420 g/mol. The standard InChI is InChI=1S/C27H24O6/c1-30-18-11-7-16(8-12-18)26(28)32-24-22-15-23(21-6-4-3-5-20(21)22)25(24)33-27(29)17-9-13-19(31-2)14-10-17/h3-14,22-25H,15H2,1-2H3/t22-,23+,24-,25+. The molecular formula is C27H24O6. The van der Waals surface area contributed by atoms with Crippen LogP contribution in [-0.2, 0) is 9.47 Å². The lowest BCUT2D eigenvalue weighted by Crippen LogP contribution is -2.39. The SMILES string of the molecule is COc1ccc(C(=O)O[C@@H]2[C@H](OC(=O)c3ccc(OC)cc3)[C@@H]3C[C@H]2c2ccccc23)cc1. The molecule has 2 aliphatic carbocycles. The molecule has 0 spiro atoms. The fraction of sp³-hybridized carbons (Fsp3) is 0.259. The summed E-state index contributed by atoms with van der Waals surface area (Å²) in [5.74, 6) is 0.402. The molecule has 2 aliphatic rings. The zero-order valence-electron chi connectivity index (χ0n) is 18.4. The van der Waals surface area contributed by atoms with Crippen molar-refractivity contribution in [3.05, 3.63) is 95.1 Å². The first-order chi connectivity index (χ1) is 16.1. The van der Waals surface area contributed by atoms with E-state index < -0.39 is 24.1 Å². The Hall–Kier alpha value is -3.80. The van der Waals surface area contributed by atoms with E-state index in [4.69, 9.17) is 18.9 Å². The van der Waals surface area contributed by atoms with Crippen molar-refractivity contribution in [2.75, 3.05) is 14.2 Å². The van der Waals surface area contributed by atoms with Crippen LogP contribution in [0, 0.1) is 0 Å². The lowest BCUT2D eigenvalue weighted by Gasteiger charge is -2.32. The molecule has 1 fully saturated rings. The molecule has 0 N–H and O–H groups in total. The molecule has 1 saturated carbocycles. The van der Waals surface area contributed by atoms with Gasteiger partial charge in [0.15, 0.2) is 0 Å². The largest absolute Gasteiger partial charge is 0.497 e. The molecule has 3 aromatic carbocycles. The second-order valence-corrected chi connectivity index (χ2v) is 8.27. The maximum absolute atomic E-state index is 12.9. The summed E-state index contributed by atoms with van der Waals surface area (Å²) in [6, 6.07) is 21.6. The Bertz CT molecular complexity index is 1080. The van der Waals surface area contributed by atoms with Gasteiger partial charge in [0.2, 0.25) is 0 Å². The average Bonchev–Trinajstić information content (AvgIpc) is 3.41. The van der Waals surface area contributed by atoms with Gasteiger partial charge in [0.1, 0.15) is 23.7 Å². The van der Waals surface area contributed by atoms with E-state index >= 15 is 0 Å². The third-order valence-electron chi connectivity index (χ3n) is 6.56. The van der Waals surface area contributed by atoms with Gasteiger partial charge in [0, 0.05) is 11.8 Å². The van der Waals surface area contributed by atoms with Gasteiger partial charge in [-0.3, -0.25) is 0 Å². The van der Waals surface area contributed by atoms with E-state index in [-0.39, 0.29) is 11.8 Å². The highest BCUT2D eigenvalue weighted by Crippen LogP contribution is 2.55. The highest BCUT2D eigenvalue weighted by Gasteiger charge is 2.55. The lowest BCUT2D eigenvalue weighted by atomic mass is 9.87. The minimum Gasteiger partial charge on any atom is -0.497 e. The van der Waals surface area contributed by atoms with Crippen molar-refractivity contribution >= 4 is 11.9 Å². The van der Waals surface area contributed by atoms with Gasteiger partial charge >= 0.3 is 11.9 Å². The Morgan fingerprint density at radius 1 is 0.636 bits per heavy atom. The Morgan fingerprint density at radius 2 is 1.03 bits per heavy atom. The summed E-state index contributed by atoms with van der Waals surface area (Å²) >= 11 is 0. The maximum atomic E-state index is 12.9. The monoisotopic (exact) mass is 444 g/mol. The molecule has 3 aromatic rings. The lowest BCUT2D eigenvalue weighted by molar-refractivity contribution is -0.0348. The summed E-state index contributed by atoms with van der Waals surface area (Å²) in [4.78, 5) is 25.9. The zero-order valence-corrected chi connectivity index (χ0v) is 18.4. The number of ether oxygens (including phenoxy) is 4. The van der Waals surface area contributed by atoms with Crippen LogP contribution in [0.3, 0.4) is 0 Å². The molecule has 4 atom stereocenters. The van der Waals surface area contributed by atoms with E-state index in [1.165, 1.54) is 0 Å². The predicted molar refractivity (Wildman–Crippen MR) is 121 cm³/mol. The number of esters is 2. The quantitative estimate of drug-likeness (QED) is 0.512. The van der Waals surface area contributed by atoms with Crippen LogP contribution >= 0.6 is 0 Å². The van der Waals surface area contributed by atoms with Crippen LogP contribution in [0.5, 0.6) is 11.5 Å². The Labute approximate surface area is 192 Å². The Morgan fingerprint density at radius 3 is 1.39 bits per heavy atom. The second kappa shape index (κ2) is 8.62. The van der Waals surface area contributed by atoms with Crippen molar-refractivity contribution in [1.82, 2.24) is 0 Å². The molecule has 0 unspecified atom stereocenters. The fourth-order valence-electron chi connectivity index (χ4n) is 4.93. The maximum Gasteiger partial charge on any atom is 0.338 e. The predicted octanol–water partition coefficient (Wildman–Crippen LogP) is 4.74. The van der Waals surface area contributed by atoms with E-state index in [0.717, 1.165) is 17.5 Å². The molecule has 6 nitrogen and oxygen atoms in total. The normalized spacial score (nSPS) is 22.4. The van der Waals surface area contributed by atoms with Crippen molar-refractivity contribution < 1.29 is 28.5 Å². The molecule has 168 valence electrons. The first-order valence-electron chi connectivity index (χ1n) is 10.9. The van der Waals surface area contributed by atoms with Crippen LogP contribution in [-0.4, -0.2) is 38.4 Å². The Kier molecular flexibility index (Phi) is 5.50. The van der Waals surface area contributed by atoms with Crippen LogP contribution in [0.1, 0.15) is 50.1 Å². The van der Waals surface area contributed by atoms with E-state index in [2.05, 4.69) is 12.1 Å². The summed E-state index contributed by atoms with van der Waals surface area (Å²) < 4.78 is 22.3. The molecule has 6 heteroatoms. The fourth-order valence-corrected chi connectivity index (χ4v) is 4.93. The highest BCUT2D eigenvalue weighted by molar-refractivity contribution is 5.91. The molecule has 0 aliphatic heterocycles. The molecule has 0 heterocycles. The second-order valence-electron chi connectivity index (χ2n) is 8.27. The molecule has 33 heavy (non-hydrogen) atoms. The highest BCUT2D eigenvalue weighted by atomic mass is 16.6. The molecule has 0 saturated heterocycles. The third-order valence-corrected chi connectivity index (χ3v) is 6.56. The van der Waals surface area contributed by atoms with Crippen molar-refractivity contribution in [3.63, 3.8) is 0 Å². The van der Waals surface area contributed by atoms with E-state index in [9.17, 15) is 9.59 Å². The smallest absolute Gasteiger partial charge is 0.338 e. The molecule has 2 bridgehead atoms. The van der Waals surface area contributed by atoms with Crippen LogP contribution in [0.15, 0.2) is 72.8 Å².